The molecule has 0 aliphatic heterocycles. The van der Waals surface area contributed by atoms with Gasteiger partial charge < -0.3 is 10.2 Å². The normalized spacial score (nSPS) is 17.3. The van der Waals surface area contributed by atoms with Crippen molar-refractivity contribution in [3.8, 4) is 0 Å². The number of para-hydroxylation sites is 1. The summed E-state index contributed by atoms with van der Waals surface area (Å²) < 4.78 is 0. The van der Waals surface area contributed by atoms with E-state index in [-0.39, 0.29) is 11.8 Å². The van der Waals surface area contributed by atoms with Crippen LogP contribution in [0.3, 0.4) is 0 Å². The third kappa shape index (κ3) is 4.92. The molecule has 2 fully saturated rings. The number of aromatic nitrogens is 1. The van der Waals surface area contributed by atoms with Crippen LogP contribution in [0.5, 0.6) is 0 Å². The van der Waals surface area contributed by atoms with E-state index in [2.05, 4.69) is 12.2 Å². The molecule has 0 unspecified atom stereocenters. The number of thioether (sulfide) groups is 1. The molecule has 1 heterocycles. The molecule has 29 heavy (non-hydrogen) atoms. The van der Waals surface area contributed by atoms with Crippen LogP contribution in [0.2, 0.25) is 0 Å². The zero-order chi connectivity index (χ0) is 20.2. The van der Waals surface area contributed by atoms with E-state index in [0.29, 0.717) is 23.4 Å². The van der Waals surface area contributed by atoms with Gasteiger partial charge in [0.1, 0.15) is 0 Å². The number of carbonyl (C=O) groups excluding carboxylic acids is 2. The van der Waals surface area contributed by atoms with Gasteiger partial charge in [0.25, 0.3) is 5.91 Å². The Morgan fingerprint density at radius 3 is 2.62 bits per heavy atom. The largest absolute Gasteiger partial charge is 0.349 e. The van der Waals surface area contributed by atoms with Crippen molar-refractivity contribution in [1.29, 1.82) is 0 Å². The van der Waals surface area contributed by atoms with Crippen LogP contribution in [-0.2, 0) is 4.79 Å². The van der Waals surface area contributed by atoms with Crippen molar-refractivity contribution in [1.82, 2.24) is 15.2 Å². The van der Waals surface area contributed by atoms with Crippen LogP contribution in [0.4, 0.5) is 0 Å². The molecular weight excluding hydrogens is 382 g/mol. The number of benzene rings is 1. The van der Waals surface area contributed by atoms with Crippen LogP contribution in [0.25, 0.3) is 10.9 Å². The fourth-order valence-corrected chi connectivity index (χ4v) is 4.95. The standard InChI is InChI=1S/C23H29N3O2S/c1-2-26(17-8-4-3-5-9-17)22(27)15-29-21-14-19(23(28)24-16-12-13-16)18-10-6-7-11-20(18)25-21/h6-7,10-11,14,16-17H,2-5,8-9,12-13,15H2,1H3,(H,24,28). The highest BCUT2D eigenvalue weighted by molar-refractivity contribution is 7.99. The van der Waals surface area contributed by atoms with Gasteiger partial charge in [-0.15, -0.1) is 0 Å². The lowest BCUT2D eigenvalue weighted by Gasteiger charge is -2.33. The predicted molar refractivity (Wildman–Crippen MR) is 117 cm³/mol. The molecule has 2 aliphatic carbocycles. The highest BCUT2D eigenvalue weighted by Crippen LogP contribution is 2.27. The second-order valence-corrected chi connectivity index (χ2v) is 9.03. The summed E-state index contributed by atoms with van der Waals surface area (Å²) in [7, 11) is 0. The van der Waals surface area contributed by atoms with Gasteiger partial charge >= 0.3 is 0 Å². The predicted octanol–water partition coefficient (Wildman–Crippen LogP) is 4.40. The SMILES string of the molecule is CCN(C(=O)CSc1cc(C(=O)NC2CC2)c2ccccc2n1)C1CCCCC1. The molecule has 0 radical (unpaired) electrons. The Hall–Kier alpha value is -2.08. The lowest BCUT2D eigenvalue weighted by atomic mass is 9.94. The van der Waals surface area contributed by atoms with Crippen molar-refractivity contribution in [2.75, 3.05) is 12.3 Å². The second kappa shape index (κ2) is 9.16. The zero-order valence-corrected chi connectivity index (χ0v) is 17.8. The number of nitrogens with one attached hydrogen (secondary N) is 1. The average molecular weight is 412 g/mol. The van der Waals surface area contributed by atoms with E-state index in [4.69, 9.17) is 4.98 Å². The summed E-state index contributed by atoms with van der Waals surface area (Å²) in [6.45, 7) is 2.82. The molecule has 0 spiro atoms. The number of nitrogens with zero attached hydrogens (tertiary/aromatic N) is 2. The fourth-order valence-electron chi connectivity index (χ4n) is 4.15. The molecular formula is C23H29N3O2S. The number of amides is 2. The Labute approximate surface area is 176 Å². The summed E-state index contributed by atoms with van der Waals surface area (Å²) in [5, 5.41) is 4.67. The lowest BCUT2D eigenvalue weighted by molar-refractivity contribution is -0.131. The minimum atomic E-state index is -0.0448. The van der Waals surface area contributed by atoms with Crippen LogP contribution in [-0.4, -0.2) is 46.1 Å². The van der Waals surface area contributed by atoms with Gasteiger partial charge in [-0.2, -0.15) is 0 Å². The Morgan fingerprint density at radius 2 is 1.90 bits per heavy atom. The number of rotatable bonds is 7. The van der Waals surface area contributed by atoms with Gasteiger partial charge in [-0.05, 0) is 44.7 Å². The topological polar surface area (TPSA) is 62.3 Å². The van der Waals surface area contributed by atoms with Crippen molar-refractivity contribution in [3.05, 3.63) is 35.9 Å². The van der Waals surface area contributed by atoms with Gasteiger partial charge in [0.2, 0.25) is 5.91 Å². The molecule has 1 aromatic heterocycles. The number of hydrogen-bond acceptors (Lipinski definition) is 4. The molecule has 0 saturated heterocycles. The first-order valence-corrected chi connectivity index (χ1v) is 11.8. The number of fused-ring (bicyclic) bond motifs is 1. The average Bonchev–Trinajstić information content (AvgIpc) is 3.57. The van der Waals surface area contributed by atoms with Gasteiger partial charge in [-0.25, -0.2) is 4.98 Å². The van der Waals surface area contributed by atoms with E-state index in [9.17, 15) is 9.59 Å². The van der Waals surface area contributed by atoms with Crippen molar-refractivity contribution in [2.45, 2.75) is 69.0 Å². The van der Waals surface area contributed by atoms with E-state index in [0.717, 1.165) is 48.2 Å². The smallest absolute Gasteiger partial charge is 0.252 e. The highest BCUT2D eigenvalue weighted by atomic mass is 32.2. The maximum absolute atomic E-state index is 12.9. The Kier molecular flexibility index (Phi) is 6.38. The maximum Gasteiger partial charge on any atom is 0.252 e. The molecule has 0 bridgehead atoms. The molecule has 1 N–H and O–H groups in total. The molecule has 6 heteroatoms. The molecule has 2 saturated carbocycles. The number of pyridine rings is 1. The molecule has 2 aromatic rings. The van der Waals surface area contributed by atoms with Gasteiger partial charge in [0.05, 0.1) is 21.9 Å². The Bertz CT molecular complexity index is 891. The summed E-state index contributed by atoms with van der Waals surface area (Å²) in [6.07, 6.45) is 8.05. The Morgan fingerprint density at radius 1 is 1.14 bits per heavy atom. The summed E-state index contributed by atoms with van der Waals surface area (Å²) in [5.41, 5.74) is 1.45. The van der Waals surface area contributed by atoms with E-state index in [1.165, 1.54) is 31.0 Å². The summed E-state index contributed by atoms with van der Waals surface area (Å²) >= 11 is 1.43. The fraction of sp³-hybridized carbons (Fsp3) is 0.522. The lowest BCUT2D eigenvalue weighted by Crippen LogP contribution is -2.42. The summed E-state index contributed by atoms with van der Waals surface area (Å²) in [6, 6.07) is 10.2. The molecule has 5 nitrogen and oxygen atoms in total. The molecule has 4 rings (SSSR count). The first kappa shape index (κ1) is 20.2. The highest BCUT2D eigenvalue weighted by Gasteiger charge is 2.26. The van der Waals surface area contributed by atoms with E-state index >= 15 is 0 Å². The third-order valence-corrected chi connectivity index (χ3v) is 6.77. The van der Waals surface area contributed by atoms with Gasteiger partial charge in [-0.3, -0.25) is 9.59 Å². The van der Waals surface area contributed by atoms with E-state index in [1.54, 1.807) is 0 Å². The van der Waals surface area contributed by atoms with Crippen molar-refractivity contribution < 1.29 is 9.59 Å². The van der Waals surface area contributed by atoms with Crippen LogP contribution in [0.15, 0.2) is 35.4 Å². The van der Waals surface area contributed by atoms with E-state index < -0.39 is 0 Å². The van der Waals surface area contributed by atoms with Crippen LogP contribution < -0.4 is 5.32 Å². The number of hydrogen-bond donors (Lipinski definition) is 1. The van der Waals surface area contributed by atoms with Crippen molar-refractivity contribution in [2.24, 2.45) is 0 Å². The second-order valence-electron chi connectivity index (χ2n) is 8.03. The van der Waals surface area contributed by atoms with E-state index in [1.807, 2.05) is 35.2 Å². The third-order valence-electron chi connectivity index (χ3n) is 5.87. The molecule has 0 atom stereocenters. The van der Waals surface area contributed by atoms with Gasteiger partial charge in [-0.1, -0.05) is 49.2 Å². The minimum Gasteiger partial charge on any atom is -0.349 e. The summed E-state index contributed by atoms with van der Waals surface area (Å²) in [4.78, 5) is 32.3. The van der Waals surface area contributed by atoms with Crippen molar-refractivity contribution in [3.63, 3.8) is 0 Å². The molecule has 1 aromatic carbocycles. The van der Waals surface area contributed by atoms with Crippen LogP contribution in [0, 0.1) is 0 Å². The molecule has 2 aliphatic rings. The van der Waals surface area contributed by atoms with Gasteiger partial charge in [0, 0.05) is 24.0 Å². The quantitative estimate of drug-likeness (QED) is 0.686. The zero-order valence-electron chi connectivity index (χ0n) is 17.0. The maximum atomic E-state index is 12.9. The van der Waals surface area contributed by atoms with Crippen LogP contribution in [0.1, 0.15) is 62.2 Å². The van der Waals surface area contributed by atoms with Crippen LogP contribution >= 0.6 is 11.8 Å². The first-order chi connectivity index (χ1) is 14.2. The summed E-state index contributed by atoms with van der Waals surface area (Å²) in [5.74, 6) is 0.485. The Balaban J connectivity index is 1.49. The minimum absolute atomic E-state index is 0.0448. The molecule has 2 amide bonds. The molecule has 154 valence electrons. The first-order valence-electron chi connectivity index (χ1n) is 10.8. The van der Waals surface area contributed by atoms with Gasteiger partial charge in [0.15, 0.2) is 0 Å². The van der Waals surface area contributed by atoms with Crippen molar-refractivity contribution >= 4 is 34.5 Å². The monoisotopic (exact) mass is 411 g/mol. The number of carbonyl (C=O) groups is 2.